The molecule has 0 aliphatic heterocycles. The summed E-state index contributed by atoms with van der Waals surface area (Å²) in [5.74, 6) is 0.668. The molecule has 0 unspecified atom stereocenters. The molecule has 0 saturated heterocycles. The normalized spacial score (nSPS) is 12.2. The van der Waals surface area contributed by atoms with Crippen LogP contribution in [0.5, 0.6) is 5.75 Å². The Hall–Kier alpha value is -1.35. The van der Waals surface area contributed by atoms with Gasteiger partial charge in [-0.15, -0.1) is 0 Å². The number of carbonyl (C=O) groups is 1. The van der Waals surface area contributed by atoms with Crippen molar-refractivity contribution in [1.29, 1.82) is 0 Å². The lowest BCUT2D eigenvalue weighted by Gasteiger charge is -2.12. The molecule has 0 fully saturated rings. The first-order valence-corrected chi connectivity index (χ1v) is 3.94. The molecule has 1 aromatic rings. The Labute approximate surface area is 77.3 Å². The van der Waals surface area contributed by atoms with E-state index in [2.05, 4.69) is 0 Å². The van der Waals surface area contributed by atoms with E-state index in [0.717, 1.165) is 11.8 Å². The highest BCUT2D eigenvalue weighted by atomic mass is 16.5. The van der Waals surface area contributed by atoms with E-state index in [1.165, 1.54) is 7.11 Å². The number of benzene rings is 1. The topological polar surface area (TPSA) is 35.5 Å². The first-order valence-electron chi connectivity index (χ1n) is 3.94. The van der Waals surface area contributed by atoms with Gasteiger partial charge in [-0.3, -0.25) is 0 Å². The van der Waals surface area contributed by atoms with Crippen molar-refractivity contribution < 1.29 is 14.3 Å². The molecule has 0 spiro atoms. The van der Waals surface area contributed by atoms with Gasteiger partial charge in [0.2, 0.25) is 0 Å². The molecular formula is C10H12O3. The monoisotopic (exact) mass is 180 g/mol. The van der Waals surface area contributed by atoms with E-state index in [4.69, 9.17) is 9.47 Å². The average molecular weight is 180 g/mol. The predicted molar refractivity (Wildman–Crippen MR) is 48.8 cm³/mol. The molecule has 1 rings (SSSR count). The van der Waals surface area contributed by atoms with Gasteiger partial charge in [0.15, 0.2) is 6.29 Å². The Kier molecular flexibility index (Phi) is 3.46. The minimum Gasteiger partial charge on any atom is -0.496 e. The van der Waals surface area contributed by atoms with Gasteiger partial charge in [-0.1, -0.05) is 18.2 Å². The number of rotatable bonds is 4. The van der Waals surface area contributed by atoms with E-state index in [9.17, 15) is 4.79 Å². The van der Waals surface area contributed by atoms with Crippen LogP contribution in [-0.4, -0.2) is 20.5 Å². The fourth-order valence-electron chi connectivity index (χ4n) is 1.16. The first-order chi connectivity index (χ1) is 6.33. The molecule has 0 amide bonds. The van der Waals surface area contributed by atoms with Crippen LogP contribution in [0.4, 0.5) is 0 Å². The van der Waals surface area contributed by atoms with Crippen LogP contribution in [0, 0.1) is 0 Å². The summed E-state index contributed by atoms with van der Waals surface area (Å²) in [5, 5.41) is 0. The van der Waals surface area contributed by atoms with Crippen LogP contribution in [0.15, 0.2) is 24.3 Å². The third-order valence-electron chi connectivity index (χ3n) is 1.82. The maximum atomic E-state index is 10.6. The Morgan fingerprint density at radius 3 is 2.54 bits per heavy atom. The molecule has 70 valence electrons. The molecule has 0 N–H and O–H groups in total. The van der Waals surface area contributed by atoms with Crippen molar-refractivity contribution in [3.63, 3.8) is 0 Å². The maximum absolute atomic E-state index is 10.6. The van der Waals surface area contributed by atoms with Crippen molar-refractivity contribution in [3.05, 3.63) is 29.8 Å². The summed E-state index contributed by atoms with van der Waals surface area (Å²) in [4.78, 5) is 10.6. The lowest BCUT2D eigenvalue weighted by Crippen LogP contribution is -2.04. The van der Waals surface area contributed by atoms with Crippen LogP contribution in [0.1, 0.15) is 11.7 Å². The van der Waals surface area contributed by atoms with Crippen molar-refractivity contribution >= 4 is 6.29 Å². The fourth-order valence-corrected chi connectivity index (χ4v) is 1.16. The minimum atomic E-state index is -0.545. The second-order valence-electron chi connectivity index (χ2n) is 2.53. The number of hydrogen-bond donors (Lipinski definition) is 0. The molecule has 13 heavy (non-hydrogen) atoms. The van der Waals surface area contributed by atoms with Crippen LogP contribution < -0.4 is 4.74 Å². The molecule has 0 aliphatic carbocycles. The molecule has 0 saturated carbocycles. The van der Waals surface area contributed by atoms with Crippen molar-refractivity contribution in [2.24, 2.45) is 0 Å². The number of carbonyl (C=O) groups excluding carboxylic acids is 1. The Morgan fingerprint density at radius 2 is 2.00 bits per heavy atom. The van der Waals surface area contributed by atoms with Gasteiger partial charge in [0.05, 0.1) is 7.11 Å². The molecule has 0 bridgehead atoms. The standard InChI is InChI=1S/C10H12O3/c1-12-9-6-4-3-5-8(9)10(7-11)13-2/h3-7,10H,1-2H3/t10-/m1/s1. The van der Waals surface area contributed by atoms with Gasteiger partial charge in [-0.25, -0.2) is 0 Å². The van der Waals surface area contributed by atoms with Crippen molar-refractivity contribution in [2.75, 3.05) is 14.2 Å². The molecule has 1 atom stereocenters. The molecule has 0 radical (unpaired) electrons. The summed E-state index contributed by atoms with van der Waals surface area (Å²) in [6, 6.07) is 7.29. The highest BCUT2D eigenvalue weighted by Gasteiger charge is 2.12. The summed E-state index contributed by atoms with van der Waals surface area (Å²) in [6.45, 7) is 0. The maximum Gasteiger partial charge on any atom is 0.153 e. The summed E-state index contributed by atoms with van der Waals surface area (Å²) in [5.41, 5.74) is 0.752. The van der Waals surface area contributed by atoms with E-state index in [1.807, 2.05) is 12.1 Å². The molecule has 0 aromatic heterocycles. The lowest BCUT2D eigenvalue weighted by molar-refractivity contribution is -0.116. The zero-order valence-corrected chi connectivity index (χ0v) is 7.69. The van der Waals surface area contributed by atoms with Gasteiger partial charge >= 0.3 is 0 Å². The molecule has 3 heteroatoms. The zero-order chi connectivity index (χ0) is 9.68. The molecular weight excluding hydrogens is 168 g/mol. The number of aldehydes is 1. The highest BCUT2D eigenvalue weighted by molar-refractivity contribution is 5.62. The van der Waals surface area contributed by atoms with Crippen LogP contribution in [-0.2, 0) is 9.53 Å². The fraction of sp³-hybridized carbons (Fsp3) is 0.300. The van der Waals surface area contributed by atoms with E-state index in [1.54, 1.807) is 19.2 Å². The van der Waals surface area contributed by atoms with Gasteiger partial charge in [0, 0.05) is 12.7 Å². The molecule has 1 aromatic carbocycles. The van der Waals surface area contributed by atoms with Crippen LogP contribution in [0.3, 0.4) is 0 Å². The quantitative estimate of drug-likeness (QED) is 0.660. The van der Waals surface area contributed by atoms with Crippen molar-refractivity contribution in [2.45, 2.75) is 6.10 Å². The number of methoxy groups -OCH3 is 2. The van der Waals surface area contributed by atoms with Crippen LogP contribution >= 0.6 is 0 Å². The third-order valence-corrected chi connectivity index (χ3v) is 1.82. The first kappa shape index (κ1) is 9.74. The largest absolute Gasteiger partial charge is 0.496 e. The Morgan fingerprint density at radius 1 is 1.31 bits per heavy atom. The van der Waals surface area contributed by atoms with Crippen molar-refractivity contribution in [1.82, 2.24) is 0 Å². The highest BCUT2D eigenvalue weighted by Crippen LogP contribution is 2.25. The van der Waals surface area contributed by atoms with Gasteiger partial charge in [0.25, 0.3) is 0 Å². The average Bonchev–Trinajstić information content (AvgIpc) is 2.20. The molecule has 3 nitrogen and oxygen atoms in total. The van der Waals surface area contributed by atoms with Crippen molar-refractivity contribution in [3.8, 4) is 5.75 Å². The number of ether oxygens (including phenoxy) is 2. The van der Waals surface area contributed by atoms with E-state index >= 15 is 0 Å². The Balaban J connectivity index is 3.03. The summed E-state index contributed by atoms with van der Waals surface area (Å²) >= 11 is 0. The van der Waals surface area contributed by atoms with Gasteiger partial charge < -0.3 is 14.3 Å². The van der Waals surface area contributed by atoms with Gasteiger partial charge in [0.1, 0.15) is 11.9 Å². The van der Waals surface area contributed by atoms with Gasteiger partial charge in [-0.2, -0.15) is 0 Å². The van der Waals surface area contributed by atoms with E-state index < -0.39 is 6.10 Å². The minimum absolute atomic E-state index is 0.545. The smallest absolute Gasteiger partial charge is 0.153 e. The lowest BCUT2D eigenvalue weighted by atomic mass is 10.1. The molecule has 0 aliphatic rings. The van der Waals surface area contributed by atoms with Crippen LogP contribution in [0.25, 0.3) is 0 Å². The third kappa shape index (κ3) is 2.06. The molecule has 0 heterocycles. The Bertz CT molecular complexity index is 283. The second kappa shape index (κ2) is 4.62. The van der Waals surface area contributed by atoms with E-state index in [0.29, 0.717) is 5.75 Å². The zero-order valence-electron chi connectivity index (χ0n) is 7.69. The second-order valence-corrected chi connectivity index (χ2v) is 2.53. The van der Waals surface area contributed by atoms with Crippen LogP contribution in [0.2, 0.25) is 0 Å². The summed E-state index contributed by atoms with van der Waals surface area (Å²) in [6.07, 6.45) is 0.203. The number of para-hydroxylation sites is 1. The summed E-state index contributed by atoms with van der Waals surface area (Å²) in [7, 11) is 3.06. The summed E-state index contributed by atoms with van der Waals surface area (Å²) < 4.78 is 10.1. The predicted octanol–water partition coefficient (Wildman–Crippen LogP) is 1.58. The van der Waals surface area contributed by atoms with E-state index in [-0.39, 0.29) is 0 Å². The SMILES string of the molecule is COc1ccccc1[C@@H](C=O)OC. The van der Waals surface area contributed by atoms with Gasteiger partial charge in [-0.05, 0) is 6.07 Å². The number of hydrogen-bond acceptors (Lipinski definition) is 3.